The third-order valence-corrected chi connectivity index (χ3v) is 4.85. The van der Waals surface area contributed by atoms with Crippen LogP contribution in [0.3, 0.4) is 0 Å². The van der Waals surface area contributed by atoms with Crippen molar-refractivity contribution in [1.29, 1.82) is 0 Å². The minimum atomic E-state index is -0.936. The number of carbonyl (C=O) groups excluding carboxylic acids is 1. The summed E-state index contributed by atoms with van der Waals surface area (Å²) in [6, 6.07) is 19.7. The second-order valence-corrected chi connectivity index (χ2v) is 6.17. The SMILES string of the molecule is C=C=CC(SCc1ccccc1)(C(=O)OCC)c1ccccc1. The van der Waals surface area contributed by atoms with Crippen LogP contribution >= 0.6 is 11.8 Å². The van der Waals surface area contributed by atoms with Crippen LogP contribution in [0.5, 0.6) is 0 Å². The first-order valence-electron chi connectivity index (χ1n) is 7.50. The van der Waals surface area contributed by atoms with Gasteiger partial charge in [-0.1, -0.05) is 67.2 Å². The fraction of sp³-hybridized carbons (Fsp3) is 0.200. The Morgan fingerprint density at radius 2 is 1.78 bits per heavy atom. The number of hydrogen-bond acceptors (Lipinski definition) is 3. The van der Waals surface area contributed by atoms with Crippen molar-refractivity contribution in [1.82, 2.24) is 0 Å². The molecule has 0 aliphatic rings. The van der Waals surface area contributed by atoms with Crippen molar-refractivity contribution < 1.29 is 9.53 Å². The first-order valence-corrected chi connectivity index (χ1v) is 8.49. The Balaban J connectivity index is 2.40. The molecule has 0 radical (unpaired) electrons. The van der Waals surface area contributed by atoms with Gasteiger partial charge in [0.25, 0.3) is 0 Å². The Morgan fingerprint density at radius 1 is 1.17 bits per heavy atom. The van der Waals surface area contributed by atoms with Crippen LogP contribution in [0.15, 0.2) is 79.0 Å². The van der Waals surface area contributed by atoms with Crippen LogP contribution in [0.25, 0.3) is 0 Å². The molecule has 0 aromatic heterocycles. The Kier molecular flexibility index (Phi) is 6.28. The normalized spacial score (nSPS) is 12.7. The van der Waals surface area contributed by atoms with E-state index in [1.54, 1.807) is 6.08 Å². The summed E-state index contributed by atoms with van der Waals surface area (Å²) < 4.78 is 4.41. The lowest BCUT2D eigenvalue weighted by atomic mass is 9.98. The third kappa shape index (κ3) is 4.16. The molecular formula is C20H20O2S. The molecule has 0 spiro atoms. The second-order valence-electron chi connectivity index (χ2n) is 4.94. The van der Waals surface area contributed by atoms with Crippen LogP contribution in [0, 0.1) is 0 Å². The van der Waals surface area contributed by atoms with Crippen molar-refractivity contribution in [2.75, 3.05) is 6.61 Å². The minimum Gasteiger partial charge on any atom is -0.464 e. The summed E-state index contributed by atoms with van der Waals surface area (Å²) in [5.41, 5.74) is 4.81. The number of carbonyl (C=O) groups is 1. The zero-order valence-electron chi connectivity index (χ0n) is 13.2. The smallest absolute Gasteiger partial charge is 0.331 e. The average Bonchev–Trinajstić information content (AvgIpc) is 2.60. The molecule has 2 aromatic rings. The van der Waals surface area contributed by atoms with E-state index < -0.39 is 4.75 Å². The zero-order chi connectivity index (χ0) is 16.5. The van der Waals surface area contributed by atoms with E-state index in [1.807, 2.05) is 67.6 Å². The largest absolute Gasteiger partial charge is 0.464 e. The summed E-state index contributed by atoms with van der Waals surface area (Å²) in [7, 11) is 0. The van der Waals surface area contributed by atoms with E-state index in [1.165, 1.54) is 11.8 Å². The van der Waals surface area contributed by atoms with Gasteiger partial charge in [-0.25, -0.2) is 4.79 Å². The molecule has 0 amide bonds. The highest BCUT2D eigenvalue weighted by Gasteiger charge is 2.40. The molecule has 1 unspecified atom stereocenters. The van der Waals surface area contributed by atoms with E-state index in [-0.39, 0.29) is 5.97 Å². The molecule has 0 heterocycles. The van der Waals surface area contributed by atoms with Gasteiger partial charge in [0.15, 0.2) is 4.75 Å². The molecule has 1 atom stereocenters. The summed E-state index contributed by atoms with van der Waals surface area (Å²) in [6.45, 7) is 5.82. The molecule has 2 aromatic carbocycles. The van der Waals surface area contributed by atoms with Gasteiger partial charge >= 0.3 is 5.97 Å². The number of benzene rings is 2. The molecule has 0 aliphatic carbocycles. The summed E-state index contributed by atoms with van der Waals surface area (Å²) in [4.78, 5) is 12.7. The molecule has 2 rings (SSSR count). The van der Waals surface area contributed by atoms with Gasteiger partial charge in [0.2, 0.25) is 0 Å². The summed E-state index contributed by atoms with van der Waals surface area (Å²) in [5.74, 6) is 0.399. The number of esters is 1. The number of ether oxygens (including phenoxy) is 1. The average molecular weight is 324 g/mol. The molecule has 0 N–H and O–H groups in total. The van der Waals surface area contributed by atoms with Crippen molar-refractivity contribution in [3.05, 3.63) is 90.2 Å². The Morgan fingerprint density at radius 3 is 2.35 bits per heavy atom. The third-order valence-electron chi connectivity index (χ3n) is 3.40. The molecule has 3 heteroatoms. The number of hydrogen-bond donors (Lipinski definition) is 0. The number of rotatable bonds is 7. The predicted molar refractivity (Wildman–Crippen MR) is 96.2 cm³/mol. The van der Waals surface area contributed by atoms with E-state index in [0.717, 1.165) is 11.1 Å². The van der Waals surface area contributed by atoms with Crippen LogP contribution in [0.1, 0.15) is 18.1 Å². The minimum absolute atomic E-state index is 0.289. The van der Waals surface area contributed by atoms with Crippen LogP contribution in [0.4, 0.5) is 0 Å². The van der Waals surface area contributed by atoms with Crippen molar-refractivity contribution in [2.24, 2.45) is 0 Å². The lowest BCUT2D eigenvalue weighted by Gasteiger charge is -2.27. The molecule has 0 saturated heterocycles. The van der Waals surface area contributed by atoms with E-state index in [4.69, 9.17) is 4.74 Å². The molecule has 2 nitrogen and oxygen atoms in total. The highest BCUT2D eigenvalue weighted by atomic mass is 32.2. The van der Waals surface area contributed by atoms with E-state index in [0.29, 0.717) is 12.4 Å². The van der Waals surface area contributed by atoms with Crippen LogP contribution in [-0.2, 0) is 20.0 Å². The van der Waals surface area contributed by atoms with Gasteiger partial charge < -0.3 is 4.74 Å². The van der Waals surface area contributed by atoms with Crippen molar-refractivity contribution in [3.63, 3.8) is 0 Å². The predicted octanol–water partition coefficient (Wildman–Crippen LogP) is 4.72. The maximum Gasteiger partial charge on any atom is 0.331 e. The lowest BCUT2D eigenvalue weighted by molar-refractivity contribution is -0.144. The van der Waals surface area contributed by atoms with Gasteiger partial charge in [-0.2, -0.15) is 0 Å². The lowest BCUT2D eigenvalue weighted by Crippen LogP contribution is -2.32. The fourth-order valence-corrected chi connectivity index (χ4v) is 3.52. The Labute approximate surface area is 141 Å². The highest BCUT2D eigenvalue weighted by molar-refractivity contribution is 8.00. The quantitative estimate of drug-likeness (QED) is 0.544. The van der Waals surface area contributed by atoms with E-state index >= 15 is 0 Å². The van der Waals surface area contributed by atoms with Crippen molar-refractivity contribution in [3.8, 4) is 0 Å². The highest BCUT2D eigenvalue weighted by Crippen LogP contribution is 2.41. The topological polar surface area (TPSA) is 26.3 Å². The summed E-state index contributed by atoms with van der Waals surface area (Å²) >= 11 is 1.52. The molecule has 0 fully saturated rings. The van der Waals surface area contributed by atoms with Gasteiger partial charge in [0, 0.05) is 5.75 Å². The maximum atomic E-state index is 12.7. The fourth-order valence-electron chi connectivity index (χ4n) is 2.28. The van der Waals surface area contributed by atoms with Crippen molar-refractivity contribution in [2.45, 2.75) is 17.4 Å². The zero-order valence-corrected chi connectivity index (χ0v) is 14.0. The van der Waals surface area contributed by atoms with Gasteiger partial charge in [-0.05, 0) is 24.1 Å². The molecule has 0 saturated carbocycles. The Hall–Kier alpha value is -2.22. The standard InChI is InChI=1S/C20H20O2S/c1-3-15-20(19(21)22-4-2,18-13-9-6-10-14-18)23-16-17-11-7-5-8-12-17/h5-15H,1,4,16H2,2H3. The molecule has 23 heavy (non-hydrogen) atoms. The first kappa shape index (κ1) is 17.1. The van der Waals surface area contributed by atoms with Crippen LogP contribution in [-0.4, -0.2) is 12.6 Å². The van der Waals surface area contributed by atoms with E-state index in [2.05, 4.69) is 12.3 Å². The Bertz CT molecular complexity index is 675. The molecular weight excluding hydrogens is 304 g/mol. The second kappa shape index (κ2) is 8.42. The molecule has 0 bridgehead atoms. The number of thioether (sulfide) groups is 1. The van der Waals surface area contributed by atoms with Crippen LogP contribution < -0.4 is 0 Å². The monoisotopic (exact) mass is 324 g/mol. The van der Waals surface area contributed by atoms with Gasteiger partial charge in [-0.15, -0.1) is 17.5 Å². The molecule has 118 valence electrons. The van der Waals surface area contributed by atoms with Crippen molar-refractivity contribution >= 4 is 17.7 Å². The van der Waals surface area contributed by atoms with Gasteiger partial charge in [0.1, 0.15) is 0 Å². The summed E-state index contributed by atoms with van der Waals surface area (Å²) in [5, 5.41) is 0. The maximum absolute atomic E-state index is 12.7. The summed E-state index contributed by atoms with van der Waals surface area (Å²) in [6.07, 6.45) is 1.70. The molecule has 0 aliphatic heterocycles. The van der Waals surface area contributed by atoms with Crippen LogP contribution in [0.2, 0.25) is 0 Å². The van der Waals surface area contributed by atoms with Gasteiger partial charge in [-0.3, -0.25) is 0 Å². The van der Waals surface area contributed by atoms with E-state index in [9.17, 15) is 4.79 Å². The first-order chi connectivity index (χ1) is 11.2. The van der Waals surface area contributed by atoms with Gasteiger partial charge in [0.05, 0.1) is 6.61 Å².